The fraction of sp³-hybridized carbons (Fsp3) is 0.533. The third-order valence-electron chi connectivity index (χ3n) is 3.32. The molecule has 0 radical (unpaired) electrons. The zero-order chi connectivity index (χ0) is 16.5. The maximum absolute atomic E-state index is 12.0. The van der Waals surface area contributed by atoms with Gasteiger partial charge in [0.25, 0.3) is 5.69 Å². The van der Waals surface area contributed by atoms with Crippen LogP contribution in [-0.4, -0.2) is 34.6 Å². The van der Waals surface area contributed by atoms with E-state index in [4.69, 9.17) is 5.11 Å². The number of nitro groups is 1. The van der Waals surface area contributed by atoms with E-state index in [-0.39, 0.29) is 36.7 Å². The Morgan fingerprint density at radius 2 is 2.18 bits per heavy atom. The van der Waals surface area contributed by atoms with Gasteiger partial charge in [0.2, 0.25) is 5.91 Å². The summed E-state index contributed by atoms with van der Waals surface area (Å²) in [7, 11) is 0. The number of non-ortho nitro benzene ring substituents is 1. The molecule has 0 heterocycles. The van der Waals surface area contributed by atoms with Crippen molar-refractivity contribution in [2.45, 2.75) is 45.2 Å². The average molecular weight is 309 g/mol. The van der Waals surface area contributed by atoms with Crippen LogP contribution >= 0.6 is 0 Å². The summed E-state index contributed by atoms with van der Waals surface area (Å²) >= 11 is 0. The fourth-order valence-corrected chi connectivity index (χ4v) is 2.21. The first-order valence-corrected chi connectivity index (χ1v) is 7.37. The molecular formula is C15H23N3O4. The van der Waals surface area contributed by atoms with E-state index in [9.17, 15) is 14.9 Å². The zero-order valence-electron chi connectivity index (χ0n) is 12.9. The Morgan fingerprint density at radius 1 is 1.45 bits per heavy atom. The molecule has 122 valence electrons. The molecule has 1 aromatic rings. The first-order valence-electron chi connectivity index (χ1n) is 7.37. The average Bonchev–Trinajstić information content (AvgIpc) is 2.46. The van der Waals surface area contributed by atoms with Crippen LogP contribution in [0.3, 0.4) is 0 Å². The second-order valence-corrected chi connectivity index (χ2v) is 5.24. The number of amides is 1. The van der Waals surface area contributed by atoms with Crippen molar-refractivity contribution in [1.29, 1.82) is 0 Å². The van der Waals surface area contributed by atoms with Gasteiger partial charge in [-0.2, -0.15) is 0 Å². The quantitative estimate of drug-likeness (QED) is 0.478. The third kappa shape index (κ3) is 6.19. The largest absolute Gasteiger partial charge is 0.396 e. The van der Waals surface area contributed by atoms with Crippen LogP contribution in [0.1, 0.15) is 33.1 Å². The highest BCUT2D eigenvalue weighted by Gasteiger charge is 2.14. The first kappa shape index (κ1) is 18.1. The van der Waals surface area contributed by atoms with Crippen LogP contribution in [-0.2, 0) is 4.79 Å². The maximum Gasteiger partial charge on any atom is 0.271 e. The molecule has 2 unspecified atom stereocenters. The highest BCUT2D eigenvalue weighted by molar-refractivity contribution is 5.91. The molecule has 0 aliphatic carbocycles. The second kappa shape index (κ2) is 9.11. The van der Waals surface area contributed by atoms with E-state index in [1.807, 2.05) is 13.8 Å². The highest BCUT2D eigenvalue weighted by atomic mass is 16.6. The molecule has 0 spiro atoms. The summed E-state index contributed by atoms with van der Waals surface area (Å²) in [6, 6.07) is 5.98. The third-order valence-corrected chi connectivity index (χ3v) is 3.32. The number of rotatable bonds is 9. The van der Waals surface area contributed by atoms with E-state index in [1.54, 1.807) is 6.07 Å². The molecule has 22 heavy (non-hydrogen) atoms. The SMILES string of the molecule is CCC(CCO)NC(C)CC(=O)Nc1cccc([N+](=O)[O-])c1. The van der Waals surface area contributed by atoms with Gasteiger partial charge < -0.3 is 15.7 Å². The number of aliphatic hydroxyl groups excluding tert-OH is 1. The number of nitrogens with one attached hydrogen (secondary N) is 2. The van der Waals surface area contributed by atoms with Crippen molar-refractivity contribution in [3.8, 4) is 0 Å². The Bertz CT molecular complexity index is 507. The number of hydrogen-bond acceptors (Lipinski definition) is 5. The Kier molecular flexibility index (Phi) is 7.48. The molecule has 2 atom stereocenters. The Balaban J connectivity index is 2.51. The fourth-order valence-electron chi connectivity index (χ4n) is 2.21. The zero-order valence-corrected chi connectivity index (χ0v) is 12.9. The summed E-state index contributed by atoms with van der Waals surface area (Å²) in [4.78, 5) is 22.2. The minimum Gasteiger partial charge on any atom is -0.396 e. The molecule has 0 aromatic heterocycles. The minimum atomic E-state index is -0.499. The van der Waals surface area contributed by atoms with Gasteiger partial charge in [-0.1, -0.05) is 13.0 Å². The first-order chi connectivity index (χ1) is 10.5. The molecule has 3 N–H and O–H groups in total. The molecule has 0 fully saturated rings. The summed E-state index contributed by atoms with van der Waals surface area (Å²) in [6.45, 7) is 4.02. The van der Waals surface area contributed by atoms with E-state index in [0.29, 0.717) is 12.1 Å². The lowest BCUT2D eigenvalue weighted by atomic mass is 10.1. The number of hydrogen-bond donors (Lipinski definition) is 3. The van der Waals surface area contributed by atoms with Crippen molar-refractivity contribution in [3.05, 3.63) is 34.4 Å². The Hall–Kier alpha value is -1.99. The van der Waals surface area contributed by atoms with Crippen LogP contribution in [0.2, 0.25) is 0 Å². The van der Waals surface area contributed by atoms with E-state index < -0.39 is 4.92 Å². The molecule has 7 heteroatoms. The van der Waals surface area contributed by atoms with Crippen molar-refractivity contribution >= 4 is 17.3 Å². The van der Waals surface area contributed by atoms with Gasteiger partial charge in [0.05, 0.1) is 4.92 Å². The van der Waals surface area contributed by atoms with Gasteiger partial charge in [-0.3, -0.25) is 14.9 Å². The van der Waals surface area contributed by atoms with Gasteiger partial charge in [-0.15, -0.1) is 0 Å². The predicted octanol–water partition coefficient (Wildman–Crippen LogP) is 2.06. The lowest BCUT2D eigenvalue weighted by Gasteiger charge is -2.21. The van der Waals surface area contributed by atoms with Crippen molar-refractivity contribution in [2.75, 3.05) is 11.9 Å². The van der Waals surface area contributed by atoms with E-state index >= 15 is 0 Å². The maximum atomic E-state index is 12.0. The standard InChI is InChI=1S/C15H23N3O4/c1-3-12(7-8-19)16-11(2)9-15(20)17-13-5-4-6-14(10-13)18(21)22/h4-6,10-12,16,19H,3,7-9H2,1-2H3,(H,17,20). The Morgan fingerprint density at radius 3 is 2.77 bits per heavy atom. The number of aliphatic hydroxyl groups is 1. The second-order valence-electron chi connectivity index (χ2n) is 5.24. The van der Waals surface area contributed by atoms with Crippen molar-refractivity contribution < 1.29 is 14.8 Å². The van der Waals surface area contributed by atoms with Crippen molar-refractivity contribution in [2.24, 2.45) is 0 Å². The molecule has 1 amide bonds. The molecule has 1 aromatic carbocycles. The topological polar surface area (TPSA) is 104 Å². The highest BCUT2D eigenvalue weighted by Crippen LogP contribution is 2.17. The van der Waals surface area contributed by atoms with Gasteiger partial charge in [0, 0.05) is 42.9 Å². The van der Waals surface area contributed by atoms with Crippen LogP contribution in [0.15, 0.2) is 24.3 Å². The molecular weight excluding hydrogens is 286 g/mol. The summed E-state index contributed by atoms with van der Waals surface area (Å²) in [6.07, 6.45) is 1.77. The summed E-state index contributed by atoms with van der Waals surface area (Å²) in [5.74, 6) is -0.209. The van der Waals surface area contributed by atoms with E-state index in [2.05, 4.69) is 10.6 Å². The lowest BCUT2D eigenvalue weighted by molar-refractivity contribution is -0.384. The molecule has 0 aliphatic rings. The monoisotopic (exact) mass is 309 g/mol. The predicted molar refractivity (Wildman–Crippen MR) is 84.7 cm³/mol. The van der Waals surface area contributed by atoms with E-state index in [1.165, 1.54) is 18.2 Å². The molecule has 0 aliphatic heterocycles. The molecule has 0 bridgehead atoms. The van der Waals surface area contributed by atoms with Gasteiger partial charge in [0.15, 0.2) is 0 Å². The van der Waals surface area contributed by atoms with Crippen LogP contribution in [0.25, 0.3) is 0 Å². The molecule has 1 rings (SSSR count). The van der Waals surface area contributed by atoms with Gasteiger partial charge in [-0.05, 0) is 25.8 Å². The minimum absolute atomic E-state index is 0.0461. The molecule has 7 nitrogen and oxygen atoms in total. The van der Waals surface area contributed by atoms with Crippen molar-refractivity contribution in [3.63, 3.8) is 0 Å². The molecule has 0 saturated carbocycles. The van der Waals surface area contributed by atoms with Gasteiger partial charge in [0.1, 0.15) is 0 Å². The normalized spacial score (nSPS) is 13.4. The van der Waals surface area contributed by atoms with Crippen molar-refractivity contribution in [1.82, 2.24) is 5.32 Å². The number of nitrogens with zero attached hydrogens (tertiary/aromatic N) is 1. The summed E-state index contributed by atoms with van der Waals surface area (Å²) in [5, 5.41) is 25.6. The number of anilines is 1. The van der Waals surface area contributed by atoms with Crippen LogP contribution in [0.5, 0.6) is 0 Å². The van der Waals surface area contributed by atoms with Crippen LogP contribution in [0, 0.1) is 10.1 Å². The van der Waals surface area contributed by atoms with Crippen LogP contribution in [0.4, 0.5) is 11.4 Å². The number of benzene rings is 1. The number of carbonyl (C=O) groups excluding carboxylic acids is 1. The van der Waals surface area contributed by atoms with E-state index in [0.717, 1.165) is 6.42 Å². The summed E-state index contributed by atoms with van der Waals surface area (Å²) < 4.78 is 0. The molecule has 0 saturated heterocycles. The lowest BCUT2D eigenvalue weighted by Crippen LogP contribution is -2.38. The van der Waals surface area contributed by atoms with Gasteiger partial charge in [-0.25, -0.2) is 0 Å². The smallest absolute Gasteiger partial charge is 0.271 e. The Labute approximate surface area is 129 Å². The number of nitro benzene ring substituents is 1. The van der Waals surface area contributed by atoms with Gasteiger partial charge >= 0.3 is 0 Å². The summed E-state index contributed by atoms with van der Waals surface area (Å²) in [5.41, 5.74) is 0.353. The number of carbonyl (C=O) groups is 1. The van der Waals surface area contributed by atoms with Crippen LogP contribution < -0.4 is 10.6 Å².